The summed E-state index contributed by atoms with van der Waals surface area (Å²) in [5.74, 6) is 1.47. The van der Waals surface area contributed by atoms with Crippen LogP contribution >= 0.6 is 11.6 Å². The quantitative estimate of drug-likeness (QED) is 0.898. The topological polar surface area (TPSA) is 21.3 Å². The second-order valence-corrected chi connectivity index (χ2v) is 6.16. The highest BCUT2D eigenvalue weighted by atomic mass is 35.5. The van der Waals surface area contributed by atoms with Gasteiger partial charge in [0.1, 0.15) is 5.75 Å². The van der Waals surface area contributed by atoms with Crippen LogP contribution in [0.2, 0.25) is 5.02 Å². The molecule has 3 rings (SSSR count). The Hall–Kier alpha value is -0.730. The van der Waals surface area contributed by atoms with E-state index in [2.05, 4.69) is 23.5 Å². The van der Waals surface area contributed by atoms with Crippen molar-refractivity contribution >= 4 is 11.6 Å². The molecule has 19 heavy (non-hydrogen) atoms. The molecular weight excluding hydrogens is 258 g/mol. The molecule has 2 fully saturated rings. The molecule has 1 aliphatic carbocycles. The lowest BCUT2D eigenvalue weighted by atomic mass is 9.92. The van der Waals surface area contributed by atoms with Gasteiger partial charge in [0.2, 0.25) is 0 Å². The Morgan fingerprint density at radius 2 is 1.95 bits per heavy atom. The first-order chi connectivity index (χ1) is 9.33. The van der Waals surface area contributed by atoms with Gasteiger partial charge in [0.25, 0.3) is 0 Å². The van der Waals surface area contributed by atoms with Gasteiger partial charge in [-0.2, -0.15) is 0 Å². The van der Waals surface area contributed by atoms with Gasteiger partial charge in [-0.15, -0.1) is 0 Å². The van der Waals surface area contributed by atoms with Crippen molar-refractivity contribution in [3.8, 4) is 5.75 Å². The average Bonchev–Trinajstić information content (AvgIpc) is 2.95. The number of ether oxygens (including phenoxy) is 1. The van der Waals surface area contributed by atoms with E-state index in [-0.39, 0.29) is 0 Å². The molecule has 1 aliphatic heterocycles. The van der Waals surface area contributed by atoms with Crippen LogP contribution in [0, 0.1) is 0 Å². The zero-order valence-electron chi connectivity index (χ0n) is 11.3. The molecule has 0 amide bonds. The maximum absolute atomic E-state index is 6.38. The van der Waals surface area contributed by atoms with E-state index < -0.39 is 0 Å². The zero-order chi connectivity index (χ0) is 13.1. The number of halogens is 1. The van der Waals surface area contributed by atoms with Gasteiger partial charge >= 0.3 is 0 Å². The Balaban J connectivity index is 1.69. The first kappa shape index (κ1) is 13.3. The lowest BCUT2D eigenvalue weighted by Crippen LogP contribution is -2.28. The summed E-state index contributed by atoms with van der Waals surface area (Å²) in [4.78, 5) is 0. The van der Waals surface area contributed by atoms with Crippen LogP contribution < -0.4 is 10.1 Å². The largest absolute Gasteiger partial charge is 0.489 e. The molecular formula is C16H22ClNO. The fourth-order valence-electron chi connectivity index (χ4n) is 3.19. The molecule has 1 atom stereocenters. The number of nitrogens with one attached hydrogen (secondary N) is 1. The highest BCUT2D eigenvalue weighted by Crippen LogP contribution is 2.33. The Labute approximate surface area is 120 Å². The summed E-state index contributed by atoms with van der Waals surface area (Å²) >= 11 is 6.38. The SMILES string of the molecule is Clc1cc(C2CCCNC2)ccc1OC1CCCC1. The lowest BCUT2D eigenvalue weighted by Gasteiger charge is -2.24. The van der Waals surface area contributed by atoms with Gasteiger partial charge in [-0.3, -0.25) is 0 Å². The molecule has 1 saturated carbocycles. The van der Waals surface area contributed by atoms with Crippen LogP contribution in [0.25, 0.3) is 0 Å². The van der Waals surface area contributed by atoms with E-state index in [1.807, 2.05) is 0 Å². The molecule has 0 aromatic heterocycles. The van der Waals surface area contributed by atoms with Crippen LogP contribution in [-0.4, -0.2) is 19.2 Å². The highest BCUT2D eigenvalue weighted by Gasteiger charge is 2.19. The fraction of sp³-hybridized carbons (Fsp3) is 0.625. The van der Waals surface area contributed by atoms with Crippen molar-refractivity contribution in [1.82, 2.24) is 5.32 Å². The van der Waals surface area contributed by atoms with E-state index in [1.165, 1.54) is 44.1 Å². The normalized spacial score (nSPS) is 24.6. The van der Waals surface area contributed by atoms with Gasteiger partial charge in [-0.25, -0.2) is 0 Å². The minimum atomic E-state index is 0.375. The minimum absolute atomic E-state index is 0.375. The van der Waals surface area contributed by atoms with E-state index in [4.69, 9.17) is 16.3 Å². The maximum atomic E-state index is 6.38. The highest BCUT2D eigenvalue weighted by molar-refractivity contribution is 6.32. The van der Waals surface area contributed by atoms with E-state index in [0.29, 0.717) is 12.0 Å². The van der Waals surface area contributed by atoms with E-state index >= 15 is 0 Å². The molecule has 1 N–H and O–H groups in total. The summed E-state index contributed by atoms with van der Waals surface area (Å²) in [5, 5.41) is 4.22. The number of piperidine rings is 1. The van der Waals surface area contributed by atoms with Crippen LogP contribution in [0.5, 0.6) is 5.75 Å². The molecule has 1 saturated heterocycles. The summed E-state index contributed by atoms with van der Waals surface area (Å²) in [7, 11) is 0. The number of hydrogen-bond donors (Lipinski definition) is 1. The third kappa shape index (κ3) is 3.24. The lowest BCUT2D eigenvalue weighted by molar-refractivity contribution is 0.210. The smallest absolute Gasteiger partial charge is 0.138 e. The molecule has 3 heteroatoms. The first-order valence-electron chi connectivity index (χ1n) is 7.50. The summed E-state index contributed by atoms with van der Waals surface area (Å²) in [6.45, 7) is 2.21. The Bertz CT molecular complexity index is 423. The van der Waals surface area contributed by atoms with Crippen molar-refractivity contribution in [3.05, 3.63) is 28.8 Å². The summed E-state index contributed by atoms with van der Waals surface area (Å²) in [5.41, 5.74) is 1.34. The standard InChI is InChI=1S/C16H22ClNO/c17-15-10-12(13-4-3-9-18-11-13)7-8-16(15)19-14-5-1-2-6-14/h7-8,10,13-14,18H,1-6,9,11H2. The van der Waals surface area contributed by atoms with Crippen molar-refractivity contribution in [3.63, 3.8) is 0 Å². The van der Waals surface area contributed by atoms with Crippen LogP contribution in [-0.2, 0) is 0 Å². The van der Waals surface area contributed by atoms with Crippen molar-refractivity contribution in [1.29, 1.82) is 0 Å². The molecule has 2 nitrogen and oxygen atoms in total. The van der Waals surface area contributed by atoms with Gasteiger partial charge in [-0.1, -0.05) is 17.7 Å². The number of rotatable bonds is 3. The van der Waals surface area contributed by atoms with Crippen molar-refractivity contribution in [2.75, 3.05) is 13.1 Å². The molecule has 104 valence electrons. The molecule has 0 bridgehead atoms. The third-order valence-electron chi connectivity index (χ3n) is 4.32. The van der Waals surface area contributed by atoms with Crippen LogP contribution in [0.1, 0.15) is 50.0 Å². The summed E-state index contributed by atoms with van der Waals surface area (Å²) in [6.07, 6.45) is 7.80. The predicted molar refractivity (Wildman–Crippen MR) is 79.2 cm³/mol. The molecule has 1 unspecified atom stereocenters. The second-order valence-electron chi connectivity index (χ2n) is 5.76. The fourth-order valence-corrected chi connectivity index (χ4v) is 3.42. The van der Waals surface area contributed by atoms with Crippen LogP contribution in [0.15, 0.2) is 18.2 Å². The average molecular weight is 280 g/mol. The van der Waals surface area contributed by atoms with Gasteiger partial charge < -0.3 is 10.1 Å². The molecule has 1 heterocycles. The van der Waals surface area contributed by atoms with Gasteiger partial charge in [0.15, 0.2) is 0 Å². The van der Waals surface area contributed by atoms with Crippen molar-refractivity contribution in [2.45, 2.75) is 50.5 Å². The van der Waals surface area contributed by atoms with E-state index in [0.717, 1.165) is 23.9 Å². The van der Waals surface area contributed by atoms with Crippen molar-refractivity contribution in [2.24, 2.45) is 0 Å². The molecule has 0 radical (unpaired) electrons. The number of hydrogen-bond acceptors (Lipinski definition) is 2. The van der Waals surface area contributed by atoms with E-state index in [1.54, 1.807) is 0 Å². The third-order valence-corrected chi connectivity index (χ3v) is 4.62. The van der Waals surface area contributed by atoms with Gasteiger partial charge in [0, 0.05) is 6.54 Å². The molecule has 1 aromatic rings. The first-order valence-corrected chi connectivity index (χ1v) is 7.87. The van der Waals surface area contributed by atoms with Crippen LogP contribution in [0.4, 0.5) is 0 Å². The number of benzene rings is 1. The second kappa shape index (κ2) is 6.15. The summed E-state index contributed by atoms with van der Waals surface area (Å²) < 4.78 is 6.00. The summed E-state index contributed by atoms with van der Waals surface area (Å²) in [6, 6.07) is 6.35. The minimum Gasteiger partial charge on any atom is -0.489 e. The molecule has 0 spiro atoms. The van der Waals surface area contributed by atoms with E-state index in [9.17, 15) is 0 Å². The maximum Gasteiger partial charge on any atom is 0.138 e. The van der Waals surface area contributed by atoms with Crippen molar-refractivity contribution < 1.29 is 4.74 Å². The van der Waals surface area contributed by atoms with Gasteiger partial charge in [-0.05, 0) is 68.7 Å². The Kier molecular flexibility index (Phi) is 4.29. The Morgan fingerprint density at radius 1 is 1.11 bits per heavy atom. The van der Waals surface area contributed by atoms with Crippen LogP contribution in [0.3, 0.4) is 0 Å². The predicted octanol–water partition coefficient (Wildman–Crippen LogP) is 4.13. The monoisotopic (exact) mass is 279 g/mol. The molecule has 2 aliphatic rings. The van der Waals surface area contributed by atoms with Gasteiger partial charge in [0.05, 0.1) is 11.1 Å². The molecule has 1 aromatic carbocycles. The Morgan fingerprint density at radius 3 is 2.63 bits per heavy atom. The zero-order valence-corrected chi connectivity index (χ0v) is 12.1.